The van der Waals surface area contributed by atoms with Crippen LogP contribution in [0.3, 0.4) is 0 Å². The number of nitro groups is 1. The fourth-order valence-corrected chi connectivity index (χ4v) is 2.96. The molecule has 1 N–H and O–H groups in total. The highest BCUT2D eigenvalue weighted by Gasteiger charge is 2.22. The van der Waals surface area contributed by atoms with Crippen molar-refractivity contribution in [1.82, 2.24) is 9.97 Å². The summed E-state index contributed by atoms with van der Waals surface area (Å²) in [5.74, 6) is 0.380. The molecule has 1 heterocycles. The van der Waals surface area contributed by atoms with Gasteiger partial charge in [-0.1, -0.05) is 29.4 Å². The Morgan fingerprint density at radius 3 is 2.81 bits per heavy atom. The molecule has 0 spiro atoms. The van der Waals surface area contributed by atoms with Gasteiger partial charge in [0, 0.05) is 16.5 Å². The van der Waals surface area contributed by atoms with Gasteiger partial charge in [0.05, 0.1) is 4.92 Å². The number of benzene rings is 1. The van der Waals surface area contributed by atoms with Crippen LogP contribution in [0, 0.1) is 17.0 Å². The molecule has 0 bridgehead atoms. The van der Waals surface area contributed by atoms with Gasteiger partial charge < -0.3 is 5.32 Å². The van der Waals surface area contributed by atoms with Crippen LogP contribution in [0.5, 0.6) is 0 Å². The number of nitrogens with one attached hydrogen (secondary N) is 1. The summed E-state index contributed by atoms with van der Waals surface area (Å²) < 4.78 is 0. The first kappa shape index (κ1) is 15.5. The maximum Gasteiger partial charge on any atom is 0.322 e. The van der Waals surface area contributed by atoms with E-state index in [4.69, 9.17) is 11.6 Å². The Bertz CT molecular complexity index is 681. The van der Waals surface area contributed by atoms with E-state index in [0.717, 1.165) is 4.90 Å². The zero-order chi connectivity index (χ0) is 15.4. The quantitative estimate of drug-likeness (QED) is 0.510. The normalized spacial score (nSPS) is 10.4. The summed E-state index contributed by atoms with van der Waals surface area (Å²) in [7, 11) is 0. The average Bonchev–Trinajstić information content (AvgIpc) is 2.38. The van der Waals surface area contributed by atoms with Crippen molar-refractivity contribution < 1.29 is 4.92 Å². The van der Waals surface area contributed by atoms with Crippen LogP contribution in [-0.2, 0) is 0 Å². The number of aryl methyl sites for hydroxylation is 1. The maximum absolute atomic E-state index is 11.2. The first-order valence-corrected chi connectivity index (χ1v) is 7.41. The monoisotopic (exact) mass is 324 g/mol. The highest BCUT2D eigenvalue weighted by atomic mass is 35.5. The molecule has 0 saturated heterocycles. The van der Waals surface area contributed by atoms with Crippen LogP contribution in [0.25, 0.3) is 0 Å². The molecule has 0 atom stereocenters. The second-order valence-corrected chi connectivity index (χ2v) is 5.63. The van der Waals surface area contributed by atoms with Crippen molar-refractivity contribution in [3.05, 3.63) is 45.1 Å². The number of anilines is 1. The highest BCUT2D eigenvalue weighted by Crippen LogP contribution is 2.36. The molecule has 2 aromatic rings. The Morgan fingerprint density at radius 1 is 1.43 bits per heavy atom. The number of hydrogen-bond donors (Lipinski definition) is 1. The van der Waals surface area contributed by atoms with Crippen molar-refractivity contribution in [3.63, 3.8) is 0 Å². The van der Waals surface area contributed by atoms with Crippen LogP contribution >= 0.6 is 23.4 Å². The summed E-state index contributed by atoms with van der Waals surface area (Å²) in [6.45, 7) is 4.14. The molecule has 8 heteroatoms. The molecular formula is C13H13ClN4O2S. The van der Waals surface area contributed by atoms with E-state index in [1.807, 2.05) is 13.0 Å². The molecule has 2 rings (SSSR count). The van der Waals surface area contributed by atoms with E-state index in [9.17, 15) is 10.1 Å². The van der Waals surface area contributed by atoms with E-state index in [1.165, 1.54) is 11.8 Å². The Morgan fingerprint density at radius 2 is 2.19 bits per heavy atom. The number of halogens is 1. The number of hydrogen-bond acceptors (Lipinski definition) is 6. The Hall–Kier alpha value is -1.86. The lowest BCUT2D eigenvalue weighted by atomic mass is 10.4. The molecule has 0 aliphatic heterocycles. The molecule has 0 amide bonds. The third-order valence-corrected chi connectivity index (χ3v) is 3.76. The first-order chi connectivity index (χ1) is 10.0. The summed E-state index contributed by atoms with van der Waals surface area (Å²) >= 11 is 7.13. The lowest BCUT2D eigenvalue weighted by molar-refractivity contribution is -0.389. The summed E-state index contributed by atoms with van der Waals surface area (Å²) in [5.41, 5.74) is 0.247. The van der Waals surface area contributed by atoms with Gasteiger partial charge >= 0.3 is 5.69 Å². The van der Waals surface area contributed by atoms with Crippen molar-refractivity contribution in [1.29, 1.82) is 0 Å². The summed E-state index contributed by atoms with van der Waals surface area (Å²) in [4.78, 5) is 19.9. The van der Waals surface area contributed by atoms with Gasteiger partial charge in [-0.15, -0.1) is 0 Å². The molecule has 110 valence electrons. The summed E-state index contributed by atoms with van der Waals surface area (Å²) in [6.07, 6.45) is 0. The van der Waals surface area contributed by atoms with Gasteiger partial charge in [-0.25, -0.2) is 4.98 Å². The average molecular weight is 325 g/mol. The summed E-state index contributed by atoms with van der Waals surface area (Å²) in [5, 5.41) is 15.1. The standard InChI is InChI=1S/C13H13ClN4O2S/c1-3-15-13-16-8(2)11(18(19)20)12(17-13)21-10-6-4-5-9(14)7-10/h4-7H,3H2,1-2H3,(H,15,16,17). The van der Waals surface area contributed by atoms with Crippen molar-refractivity contribution in [2.75, 3.05) is 11.9 Å². The molecule has 0 radical (unpaired) electrons. The minimum Gasteiger partial charge on any atom is -0.354 e. The third-order valence-electron chi connectivity index (χ3n) is 2.55. The molecule has 0 unspecified atom stereocenters. The van der Waals surface area contributed by atoms with E-state index in [-0.39, 0.29) is 5.69 Å². The van der Waals surface area contributed by atoms with Crippen LogP contribution in [-0.4, -0.2) is 21.4 Å². The van der Waals surface area contributed by atoms with Crippen LogP contribution in [0.2, 0.25) is 5.02 Å². The largest absolute Gasteiger partial charge is 0.354 e. The van der Waals surface area contributed by atoms with Gasteiger partial charge in [0.15, 0.2) is 5.03 Å². The smallest absolute Gasteiger partial charge is 0.322 e. The van der Waals surface area contributed by atoms with E-state index >= 15 is 0 Å². The van der Waals surface area contributed by atoms with Crippen molar-refractivity contribution in [2.45, 2.75) is 23.8 Å². The fraction of sp³-hybridized carbons (Fsp3) is 0.231. The third kappa shape index (κ3) is 3.83. The van der Waals surface area contributed by atoms with Gasteiger partial charge in [0.2, 0.25) is 5.95 Å². The van der Waals surface area contributed by atoms with Crippen molar-refractivity contribution in [2.24, 2.45) is 0 Å². The molecular weight excluding hydrogens is 312 g/mol. The predicted molar refractivity (Wildman–Crippen MR) is 83.2 cm³/mol. The van der Waals surface area contributed by atoms with Crippen LogP contribution < -0.4 is 5.32 Å². The molecule has 0 fully saturated rings. The molecule has 6 nitrogen and oxygen atoms in total. The number of nitrogens with zero attached hydrogens (tertiary/aromatic N) is 3. The zero-order valence-corrected chi connectivity index (χ0v) is 13.0. The Balaban J connectivity index is 2.46. The Labute approximate surface area is 131 Å². The fourth-order valence-electron chi connectivity index (χ4n) is 1.70. The zero-order valence-electron chi connectivity index (χ0n) is 11.5. The van der Waals surface area contributed by atoms with Gasteiger partial charge in [0.1, 0.15) is 5.69 Å². The van der Waals surface area contributed by atoms with E-state index in [2.05, 4.69) is 15.3 Å². The SMILES string of the molecule is CCNc1nc(C)c([N+](=O)[O-])c(Sc2cccc(Cl)c2)n1. The van der Waals surface area contributed by atoms with E-state index < -0.39 is 4.92 Å². The van der Waals surface area contributed by atoms with Crippen LogP contribution in [0.1, 0.15) is 12.6 Å². The lowest BCUT2D eigenvalue weighted by Gasteiger charge is -2.08. The van der Waals surface area contributed by atoms with Crippen LogP contribution in [0.15, 0.2) is 34.2 Å². The Kier molecular flexibility index (Phi) is 4.98. The minimum atomic E-state index is -0.460. The van der Waals surface area contributed by atoms with Gasteiger partial charge in [-0.3, -0.25) is 10.1 Å². The van der Waals surface area contributed by atoms with E-state index in [1.54, 1.807) is 25.1 Å². The van der Waals surface area contributed by atoms with Crippen molar-refractivity contribution >= 4 is 35.0 Å². The predicted octanol–water partition coefficient (Wildman–Crippen LogP) is 3.93. The molecule has 1 aromatic heterocycles. The molecule has 0 aliphatic rings. The topological polar surface area (TPSA) is 81.0 Å². The van der Waals surface area contributed by atoms with Gasteiger partial charge in [-0.05, 0) is 32.0 Å². The van der Waals surface area contributed by atoms with E-state index in [0.29, 0.717) is 28.2 Å². The molecule has 0 saturated carbocycles. The summed E-state index contributed by atoms with van der Waals surface area (Å²) in [6, 6.07) is 7.09. The molecule has 0 aliphatic carbocycles. The second-order valence-electron chi connectivity index (χ2n) is 4.13. The first-order valence-electron chi connectivity index (χ1n) is 6.21. The number of aromatic nitrogens is 2. The number of rotatable bonds is 5. The molecule has 1 aromatic carbocycles. The van der Waals surface area contributed by atoms with Gasteiger partial charge in [0.25, 0.3) is 0 Å². The molecule has 21 heavy (non-hydrogen) atoms. The lowest BCUT2D eigenvalue weighted by Crippen LogP contribution is -2.07. The minimum absolute atomic E-state index is 0.0818. The van der Waals surface area contributed by atoms with Crippen molar-refractivity contribution in [3.8, 4) is 0 Å². The van der Waals surface area contributed by atoms with Gasteiger partial charge in [-0.2, -0.15) is 4.98 Å². The maximum atomic E-state index is 11.2. The van der Waals surface area contributed by atoms with Crippen LogP contribution in [0.4, 0.5) is 11.6 Å². The highest BCUT2D eigenvalue weighted by molar-refractivity contribution is 7.99. The second kappa shape index (κ2) is 6.73.